The Morgan fingerprint density at radius 2 is 1.13 bits per heavy atom. The summed E-state index contributed by atoms with van der Waals surface area (Å²) in [5.41, 5.74) is 0. The fraction of sp³-hybridized carbons (Fsp3) is 1.00. The molecular formula is C15H35ClNNaO4S. The van der Waals surface area contributed by atoms with Gasteiger partial charge in [0.05, 0.1) is 27.7 Å². The summed E-state index contributed by atoms with van der Waals surface area (Å²) in [6.07, 6.45) is 11.7. The van der Waals surface area contributed by atoms with Gasteiger partial charge in [-0.25, -0.2) is 8.42 Å². The molecule has 0 spiro atoms. The Kier molecular flexibility index (Phi) is 32.0. The number of hydrogen-bond acceptors (Lipinski definition) is 4. The molecule has 0 radical (unpaired) electrons. The number of quaternary nitrogens is 1. The first-order valence-electron chi connectivity index (χ1n) is 8.16. The standard InChI is InChI=1S/C12H26O4S.C3H9N.ClH.Na/c1-2-3-4-5-6-7-8-9-10-11-12-16-17(13,14)15;1-4(2)3;;/h2-12H2,1H3,(H,13,14,15);1-3H3;1H;/q;;;+1/p-1. The van der Waals surface area contributed by atoms with E-state index in [1.807, 2.05) is 0 Å². The van der Waals surface area contributed by atoms with Gasteiger partial charge in [-0.15, -0.1) is 0 Å². The fourth-order valence-electron chi connectivity index (χ4n) is 1.75. The molecule has 23 heavy (non-hydrogen) atoms. The van der Waals surface area contributed by atoms with Crippen molar-refractivity contribution in [2.24, 2.45) is 0 Å². The molecule has 0 aromatic carbocycles. The van der Waals surface area contributed by atoms with Gasteiger partial charge in [0.2, 0.25) is 10.4 Å². The van der Waals surface area contributed by atoms with Crippen LogP contribution in [0.25, 0.3) is 0 Å². The van der Waals surface area contributed by atoms with Gasteiger partial charge >= 0.3 is 29.6 Å². The molecule has 138 valence electrons. The predicted molar refractivity (Wildman–Crippen MR) is 86.2 cm³/mol. The largest absolute Gasteiger partial charge is 1.00 e. The van der Waals surface area contributed by atoms with Crippen molar-refractivity contribution in [3.8, 4) is 0 Å². The van der Waals surface area contributed by atoms with E-state index >= 15 is 0 Å². The van der Waals surface area contributed by atoms with Crippen molar-refractivity contribution >= 4 is 10.4 Å². The smallest absolute Gasteiger partial charge is 1.00 e. The van der Waals surface area contributed by atoms with Crippen LogP contribution in [0.5, 0.6) is 0 Å². The van der Waals surface area contributed by atoms with E-state index in [4.69, 9.17) is 0 Å². The van der Waals surface area contributed by atoms with Crippen molar-refractivity contribution in [3.63, 3.8) is 0 Å². The molecule has 0 heterocycles. The maximum atomic E-state index is 10.1. The molecule has 0 rings (SSSR count). The maximum absolute atomic E-state index is 10.1. The number of nitrogens with one attached hydrogen (secondary N) is 1. The van der Waals surface area contributed by atoms with Crippen LogP contribution in [-0.2, 0) is 14.6 Å². The Balaban J connectivity index is -0.000000268. The molecule has 0 aliphatic rings. The predicted octanol–water partition coefficient (Wildman–Crippen LogP) is -3.85. The van der Waals surface area contributed by atoms with Gasteiger partial charge in [0, 0.05) is 0 Å². The molecule has 5 nitrogen and oxygen atoms in total. The molecule has 0 saturated heterocycles. The summed E-state index contributed by atoms with van der Waals surface area (Å²) in [6.45, 7) is 2.24. The summed E-state index contributed by atoms with van der Waals surface area (Å²) < 4.78 is 34.5. The summed E-state index contributed by atoms with van der Waals surface area (Å²) in [5, 5.41) is 0. The fourth-order valence-corrected chi connectivity index (χ4v) is 2.07. The number of hydrogen-bond donors (Lipinski definition) is 1. The van der Waals surface area contributed by atoms with E-state index in [9.17, 15) is 13.0 Å². The third-order valence-electron chi connectivity index (χ3n) is 2.73. The third kappa shape index (κ3) is 45.1. The average molecular weight is 384 g/mol. The SMILES string of the molecule is CCCCCCCCCCCCOS(=O)(=O)[O-].C[NH+](C)C.[Cl-].[Na+]. The zero-order chi connectivity index (χ0) is 16.6. The normalized spacial score (nSPS) is 10.3. The van der Waals surface area contributed by atoms with Gasteiger partial charge in [-0.1, -0.05) is 64.7 Å². The van der Waals surface area contributed by atoms with Gasteiger partial charge < -0.3 is 21.9 Å². The topological polar surface area (TPSA) is 70.9 Å². The van der Waals surface area contributed by atoms with Gasteiger partial charge in [0.15, 0.2) is 0 Å². The van der Waals surface area contributed by atoms with E-state index in [0.29, 0.717) is 6.42 Å². The van der Waals surface area contributed by atoms with Crippen molar-refractivity contribution in [1.29, 1.82) is 0 Å². The van der Waals surface area contributed by atoms with Crippen molar-refractivity contribution < 1.29 is 64.0 Å². The molecule has 0 unspecified atom stereocenters. The summed E-state index contributed by atoms with van der Waals surface area (Å²) in [7, 11) is 1.77. The molecule has 0 saturated carbocycles. The number of unbranched alkanes of at least 4 members (excludes halogenated alkanes) is 9. The molecule has 0 amide bonds. The van der Waals surface area contributed by atoms with E-state index in [1.54, 1.807) is 0 Å². The van der Waals surface area contributed by atoms with E-state index < -0.39 is 10.4 Å². The minimum absolute atomic E-state index is 0. The second-order valence-corrected chi connectivity index (χ2v) is 6.96. The number of halogens is 1. The van der Waals surface area contributed by atoms with Crippen molar-refractivity contribution in [2.45, 2.75) is 71.1 Å². The van der Waals surface area contributed by atoms with E-state index in [2.05, 4.69) is 32.2 Å². The first-order valence-corrected chi connectivity index (χ1v) is 9.50. The van der Waals surface area contributed by atoms with Crippen molar-refractivity contribution in [3.05, 3.63) is 0 Å². The second-order valence-electron chi connectivity index (χ2n) is 5.91. The quantitative estimate of drug-likeness (QED) is 0.162. The summed E-state index contributed by atoms with van der Waals surface area (Å²) in [4.78, 5) is 1.42. The van der Waals surface area contributed by atoms with E-state index in [1.165, 1.54) is 49.8 Å². The minimum Gasteiger partial charge on any atom is -1.00 e. The molecule has 0 aliphatic carbocycles. The molecule has 0 aliphatic heterocycles. The second kappa shape index (κ2) is 23.1. The average Bonchev–Trinajstić information content (AvgIpc) is 2.34. The summed E-state index contributed by atoms with van der Waals surface area (Å²) >= 11 is 0. The Morgan fingerprint density at radius 1 is 0.826 bits per heavy atom. The molecular weight excluding hydrogens is 349 g/mol. The van der Waals surface area contributed by atoms with Crippen LogP contribution in [0.2, 0.25) is 0 Å². The van der Waals surface area contributed by atoms with E-state index in [-0.39, 0.29) is 48.6 Å². The Morgan fingerprint density at radius 3 is 1.43 bits per heavy atom. The van der Waals surface area contributed by atoms with Gasteiger partial charge in [-0.05, 0) is 6.42 Å². The number of rotatable bonds is 12. The van der Waals surface area contributed by atoms with Crippen LogP contribution < -0.4 is 46.9 Å². The van der Waals surface area contributed by atoms with Crippen molar-refractivity contribution in [2.75, 3.05) is 27.7 Å². The molecule has 0 aromatic heterocycles. The van der Waals surface area contributed by atoms with Crippen LogP contribution in [0.3, 0.4) is 0 Å². The summed E-state index contributed by atoms with van der Waals surface area (Å²) in [5.74, 6) is 0. The van der Waals surface area contributed by atoms with Crippen LogP contribution in [0.4, 0.5) is 0 Å². The van der Waals surface area contributed by atoms with Gasteiger partial charge in [-0.2, -0.15) is 0 Å². The monoisotopic (exact) mass is 383 g/mol. The van der Waals surface area contributed by atoms with Gasteiger partial charge in [0.25, 0.3) is 0 Å². The summed E-state index contributed by atoms with van der Waals surface area (Å²) in [6, 6.07) is 0. The Labute approximate surface area is 172 Å². The minimum atomic E-state index is -4.48. The molecule has 8 heteroatoms. The van der Waals surface area contributed by atoms with E-state index in [0.717, 1.165) is 12.8 Å². The molecule has 1 N–H and O–H groups in total. The van der Waals surface area contributed by atoms with Crippen LogP contribution in [0.15, 0.2) is 0 Å². The van der Waals surface area contributed by atoms with Crippen LogP contribution in [0.1, 0.15) is 71.1 Å². The molecule has 0 fully saturated rings. The van der Waals surface area contributed by atoms with Gasteiger partial charge in [-0.3, -0.25) is 4.18 Å². The Hall–Kier alpha value is 1.12. The van der Waals surface area contributed by atoms with Gasteiger partial charge in [0.1, 0.15) is 0 Å². The maximum Gasteiger partial charge on any atom is 1.00 e. The van der Waals surface area contributed by atoms with Crippen LogP contribution in [0, 0.1) is 0 Å². The molecule has 0 aromatic rings. The molecule has 0 atom stereocenters. The zero-order valence-electron chi connectivity index (χ0n) is 15.7. The van der Waals surface area contributed by atoms with Crippen LogP contribution in [-0.4, -0.2) is 40.7 Å². The van der Waals surface area contributed by atoms with Crippen molar-refractivity contribution in [1.82, 2.24) is 0 Å². The first-order chi connectivity index (χ1) is 9.79. The first kappa shape index (κ1) is 31.8. The Bertz CT molecular complexity index is 301. The third-order valence-corrected chi connectivity index (χ3v) is 3.18. The van der Waals surface area contributed by atoms with Crippen LogP contribution >= 0.6 is 0 Å². The zero-order valence-corrected chi connectivity index (χ0v) is 19.3. The molecule has 0 bridgehead atoms.